The zero-order chi connectivity index (χ0) is 12.5. The highest BCUT2D eigenvalue weighted by atomic mass is 35.5. The maximum atomic E-state index is 5.87. The van der Waals surface area contributed by atoms with E-state index in [1.807, 2.05) is 4.57 Å². The van der Waals surface area contributed by atoms with Crippen molar-refractivity contribution in [1.82, 2.24) is 14.5 Å². The van der Waals surface area contributed by atoms with Gasteiger partial charge in [0.15, 0.2) is 5.65 Å². The lowest BCUT2D eigenvalue weighted by Gasteiger charge is -2.06. The summed E-state index contributed by atoms with van der Waals surface area (Å²) >= 11 is 5.87. The Morgan fingerprint density at radius 1 is 1.50 bits per heavy atom. The van der Waals surface area contributed by atoms with E-state index < -0.39 is 0 Å². The maximum absolute atomic E-state index is 5.87. The van der Waals surface area contributed by atoms with Crippen molar-refractivity contribution < 1.29 is 4.74 Å². The first kappa shape index (κ1) is 11.7. The third-order valence-corrected chi connectivity index (χ3v) is 3.30. The first-order valence-electron chi connectivity index (χ1n) is 6.09. The summed E-state index contributed by atoms with van der Waals surface area (Å²) < 4.78 is 7.46. The predicted molar refractivity (Wildman–Crippen MR) is 70.5 cm³/mol. The molecular weight excluding hydrogens is 252 g/mol. The Bertz CT molecular complexity index is 564. The van der Waals surface area contributed by atoms with Gasteiger partial charge in [-0.05, 0) is 24.8 Å². The van der Waals surface area contributed by atoms with Gasteiger partial charge in [0.25, 0.3) is 0 Å². The summed E-state index contributed by atoms with van der Waals surface area (Å²) in [5.41, 5.74) is 7.35. The Hall–Kier alpha value is -1.33. The van der Waals surface area contributed by atoms with Gasteiger partial charge < -0.3 is 10.5 Å². The fraction of sp³-hybridized carbons (Fsp3) is 0.500. The van der Waals surface area contributed by atoms with Crippen molar-refractivity contribution in [3.8, 4) is 0 Å². The van der Waals surface area contributed by atoms with Crippen molar-refractivity contribution in [2.24, 2.45) is 5.92 Å². The van der Waals surface area contributed by atoms with Crippen molar-refractivity contribution in [3.05, 3.63) is 17.3 Å². The Balaban J connectivity index is 1.71. The van der Waals surface area contributed by atoms with E-state index in [4.69, 9.17) is 22.1 Å². The number of nitrogens with two attached hydrogens (primary N) is 1. The van der Waals surface area contributed by atoms with Crippen LogP contribution in [0.5, 0.6) is 0 Å². The van der Waals surface area contributed by atoms with Gasteiger partial charge in [-0.2, -0.15) is 0 Å². The van der Waals surface area contributed by atoms with Crippen LogP contribution in [-0.4, -0.2) is 27.7 Å². The molecule has 2 N–H and O–H groups in total. The highest BCUT2D eigenvalue weighted by Crippen LogP contribution is 2.28. The van der Waals surface area contributed by atoms with E-state index in [2.05, 4.69) is 9.97 Å². The third-order valence-electron chi connectivity index (χ3n) is 3.09. The molecule has 0 aliphatic heterocycles. The normalized spacial score (nSPS) is 15.4. The molecule has 0 saturated heterocycles. The number of aromatic nitrogens is 3. The second kappa shape index (κ2) is 4.74. The zero-order valence-electron chi connectivity index (χ0n) is 9.97. The van der Waals surface area contributed by atoms with Crippen LogP contribution in [0.25, 0.3) is 11.2 Å². The number of ether oxygens (including phenoxy) is 1. The zero-order valence-corrected chi connectivity index (χ0v) is 10.7. The first-order valence-corrected chi connectivity index (χ1v) is 6.47. The summed E-state index contributed by atoms with van der Waals surface area (Å²) in [4.78, 5) is 8.50. The lowest BCUT2D eigenvalue weighted by molar-refractivity contribution is 0.118. The van der Waals surface area contributed by atoms with Crippen LogP contribution in [0.3, 0.4) is 0 Å². The molecule has 0 radical (unpaired) electrons. The van der Waals surface area contributed by atoms with Gasteiger partial charge in [0, 0.05) is 12.8 Å². The lowest BCUT2D eigenvalue weighted by atomic mass is 10.4. The summed E-state index contributed by atoms with van der Waals surface area (Å²) in [6, 6.07) is 1.77. The van der Waals surface area contributed by atoms with Gasteiger partial charge in [0.05, 0.1) is 18.2 Å². The summed E-state index contributed by atoms with van der Waals surface area (Å²) in [5, 5.41) is 0.567. The molecule has 1 aliphatic rings. The topological polar surface area (TPSA) is 66.0 Å². The Morgan fingerprint density at radius 2 is 2.33 bits per heavy atom. The van der Waals surface area contributed by atoms with Crippen molar-refractivity contribution >= 4 is 28.7 Å². The van der Waals surface area contributed by atoms with Crippen LogP contribution in [0, 0.1) is 5.92 Å². The molecule has 18 heavy (non-hydrogen) atoms. The van der Waals surface area contributed by atoms with Crippen molar-refractivity contribution in [2.75, 3.05) is 18.9 Å². The Morgan fingerprint density at radius 3 is 3.11 bits per heavy atom. The van der Waals surface area contributed by atoms with Gasteiger partial charge in [0.2, 0.25) is 5.95 Å². The molecule has 0 atom stereocenters. The number of pyridine rings is 1. The molecule has 2 aromatic rings. The number of hydrogen-bond donors (Lipinski definition) is 1. The van der Waals surface area contributed by atoms with Crippen LogP contribution in [0.15, 0.2) is 12.3 Å². The van der Waals surface area contributed by atoms with Gasteiger partial charge >= 0.3 is 0 Å². The Kier molecular flexibility index (Phi) is 3.09. The summed E-state index contributed by atoms with van der Waals surface area (Å²) in [5.74, 6) is 1.23. The molecular formula is C12H15ClN4O. The molecule has 0 aromatic carbocycles. The predicted octanol–water partition coefficient (Wildman–Crippen LogP) is 2.09. The van der Waals surface area contributed by atoms with Crippen molar-refractivity contribution in [2.45, 2.75) is 19.4 Å². The van der Waals surface area contributed by atoms with E-state index >= 15 is 0 Å². The second-order valence-electron chi connectivity index (χ2n) is 4.64. The summed E-state index contributed by atoms with van der Waals surface area (Å²) in [7, 11) is 0. The number of imidazole rings is 1. The number of halogens is 1. The molecule has 0 spiro atoms. The fourth-order valence-electron chi connectivity index (χ4n) is 1.91. The highest BCUT2D eigenvalue weighted by Gasteiger charge is 2.21. The lowest BCUT2D eigenvalue weighted by Crippen LogP contribution is -2.10. The van der Waals surface area contributed by atoms with Gasteiger partial charge in [-0.1, -0.05) is 11.6 Å². The number of rotatable bonds is 5. The van der Waals surface area contributed by atoms with Crippen LogP contribution in [0.2, 0.25) is 5.02 Å². The van der Waals surface area contributed by atoms with E-state index in [1.54, 1.807) is 12.3 Å². The number of hydrogen-bond acceptors (Lipinski definition) is 4. The summed E-state index contributed by atoms with van der Waals surface area (Å²) in [6.07, 6.45) is 4.21. The molecule has 5 nitrogen and oxygen atoms in total. The smallest absolute Gasteiger partial charge is 0.202 e. The van der Waals surface area contributed by atoms with Crippen molar-refractivity contribution in [1.29, 1.82) is 0 Å². The van der Waals surface area contributed by atoms with Crippen LogP contribution in [-0.2, 0) is 11.3 Å². The molecule has 1 fully saturated rings. The molecule has 0 unspecified atom stereocenters. The van der Waals surface area contributed by atoms with E-state index in [0.717, 1.165) is 23.7 Å². The highest BCUT2D eigenvalue weighted by molar-refractivity contribution is 6.31. The minimum Gasteiger partial charge on any atom is -0.379 e. The van der Waals surface area contributed by atoms with Crippen LogP contribution in [0.4, 0.5) is 5.95 Å². The van der Waals surface area contributed by atoms with E-state index in [9.17, 15) is 0 Å². The molecule has 3 rings (SSSR count). The van der Waals surface area contributed by atoms with Crippen LogP contribution >= 0.6 is 11.6 Å². The van der Waals surface area contributed by atoms with Gasteiger partial charge in [-0.15, -0.1) is 0 Å². The standard InChI is InChI=1S/C12H15ClN4O/c13-9-5-10-11(15-6-9)17(12(14)16-10)3-4-18-7-8-1-2-8/h5-6,8H,1-4,7H2,(H2,14,16). The number of anilines is 1. The van der Waals surface area contributed by atoms with Gasteiger partial charge in [-0.25, -0.2) is 9.97 Å². The molecule has 2 heterocycles. The van der Waals surface area contributed by atoms with Gasteiger partial charge in [0.1, 0.15) is 5.52 Å². The fourth-order valence-corrected chi connectivity index (χ4v) is 2.07. The number of fused-ring (bicyclic) bond motifs is 1. The van der Waals surface area contributed by atoms with Crippen LogP contribution < -0.4 is 5.73 Å². The van der Waals surface area contributed by atoms with Crippen molar-refractivity contribution in [3.63, 3.8) is 0 Å². The largest absolute Gasteiger partial charge is 0.379 e. The van der Waals surface area contributed by atoms with E-state index in [1.165, 1.54) is 12.8 Å². The number of nitrogens with zero attached hydrogens (tertiary/aromatic N) is 3. The number of nitrogen functional groups attached to an aromatic ring is 1. The van der Waals surface area contributed by atoms with E-state index in [-0.39, 0.29) is 0 Å². The molecule has 0 bridgehead atoms. The average molecular weight is 267 g/mol. The summed E-state index contributed by atoms with van der Waals surface area (Å²) in [6.45, 7) is 2.16. The van der Waals surface area contributed by atoms with E-state index in [0.29, 0.717) is 24.1 Å². The molecule has 1 saturated carbocycles. The van der Waals surface area contributed by atoms with Gasteiger partial charge in [-0.3, -0.25) is 4.57 Å². The Labute approximate surface area is 110 Å². The average Bonchev–Trinajstić information content (AvgIpc) is 3.10. The molecule has 96 valence electrons. The maximum Gasteiger partial charge on any atom is 0.202 e. The molecule has 0 amide bonds. The first-order chi connectivity index (χ1) is 8.74. The second-order valence-corrected chi connectivity index (χ2v) is 5.07. The quantitative estimate of drug-likeness (QED) is 0.842. The minimum absolute atomic E-state index is 0.454. The molecule has 6 heteroatoms. The minimum atomic E-state index is 0.454. The SMILES string of the molecule is Nc1nc2cc(Cl)cnc2n1CCOCC1CC1. The third kappa shape index (κ3) is 2.42. The molecule has 1 aliphatic carbocycles. The monoisotopic (exact) mass is 266 g/mol. The van der Waals surface area contributed by atoms with Crippen LogP contribution in [0.1, 0.15) is 12.8 Å². The molecule has 2 aromatic heterocycles.